The van der Waals surface area contributed by atoms with Crippen LogP contribution in [-0.4, -0.2) is 11.5 Å². The number of halogens is 2. The van der Waals surface area contributed by atoms with E-state index in [1.807, 2.05) is 12.3 Å². The maximum atomic E-state index is 4.41. The van der Waals surface area contributed by atoms with E-state index in [4.69, 9.17) is 0 Å². The van der Waals surface area contributed by atoms with Crippen LogP contribution in [0.1, 0.15) is 38.3 Å². The van der Waals surface area contributed by atoms with Crippen molar-refractivity contribution in [2.24, 2.45) is 5.41 Å². The molecule has 4 heteroatoms. The molecule has 1 aliphatic rings. The van der Waals surface area contributed by atoms with Gasteiger partial charge in [-0.3, -0.25) is 4.98 Å². The molecule has 1 fully saturated rings. The minimum Gasteiger partial charge on any atom is -0.311 e. The third kappa shape index (κ3) is 3.76. The van der Waals surface area contributed by atoms with Gasteiger partial charge in [0.2, 0.25) is 0 Å². The van der Waals surface area contributed by atoms with Gasteiger partial charge in [-0.2, -0.15) is 0 Å². The van der Waals surface area contributed by atoms with E-state index < -0.39 is 0 Å². The number of aromatic nitrogens is 1. The highest BCUT2D eigenvalue weighted by Gasteiger charge is 2.27. The average molecular weight is 362 g/mol. The Morgan fingerprint density at radius 3 is 2.71 bits per heavy atom. The minimum absolute atomic E-state index is 0.502. The topological polar surface area (TPSA) is 24.9 Å². The first-order valence-electron chi connectivity index (χ1n) is 6.10. The smallest absolute Gasteiger partial charge is 0.0684 e. The Bertz CT molecular complexity index is 387. The summed E-state index contributed by atoms with van der Waals surface area (Å²) in [4.78, 5) is 4.41. The van der Waals surface area contributed by atoms with E-state index in [1.165, 1.54) is 25.7 Å². The van der Waals surface area contributed by atoms with Crippen LogP contribution in [0.2, 0.25) is 0 Å². The number of nitrogens with one attached hydrogen (secondary N) is 1. The second kappa shape index (κ2) is 5.81. The highest BCUT2D eigenvalue weighted by Crippen LogP contribution is 2.36. The van der Waals surface area contributed by atoms with Crippen molar-refractivity contribution in [1.29, 1.82) is 0 Å². The van der Waals surface area contributed by atoms with Crippen molar-refractivity contribution in [2.45, 2.75) is 39.2 Å². The summed E-state index contributed by atoms with van der Waals surface area (Å²) in [6, 6.07) is 2.04. The lowest BCUT2D eigenvalue weighted by Gasteiger charge is -2.23. The lowest BCUT2D eigenvalue weighted by Crippen LogP contribution is -2.29. The van der Waals surface area contributed by atoms with Crippen LogP contribution in [0.25, 0.3) is 0 Å². The molecule has 2 rings (SSSR count). The lowest BCUT2D eigenvalue weighted by atomic mass is 9.89. The molecule has 2 nitrogen and oxygen atoms in total. The van der Waals surface area contributed by atoms with Crippen molar-refractivity contribution >= 4 is 31.9 Å². The number of hydrogen-bond acceptors (Lipinski definition) is 2. The van der Waals surface area contributed by atoms with Gasteiger partial charge < -0.3 is 5.32 Å². The molecule has 1 heterocycles. The molecule has 1 N–H and O–H groups in total. The highest BCUT2D eigenvalue weighted by atomic mass is 79.9. The summed E-state index contributed by atoms with van der Waals surface area (Å²) < 4.78 is 2.08. The summed E-state index contributed by atoms with van der Waals surface area (Å²) in [5.41, 5.74) is 1.58. The molecule has 0 atom stereocenters. The predicted octanol–water partition coefficient (Wildman–Crippen LogP) is 4.28. The Labute approximate surface area is 120 Å². The molecular weight excluding hydrogens is 344 g/mol. The van der Waals surface area contributed by atoms with Crippen molar-refractivity contribution in [2.75, 3.05) is 6.54 Å². The van der Waals surface area contributed by atoms with Gasteiger partial charge in [-0.25, -0.2) is 0 Å². The molecular formula is C13H18Br2N2. The van der Waals surface area contributed by atoms with Crippen LogP contribution in [0.15, 0.2) is 21.2 Å². The second-order valence-corrected chi connectivity index (χ2v) is 6.97. The van der Waals surface area contributed by atoms with Gasteiger partial charge in [0.25, 0.3) is 0 Å². The molecule has 0 bridgehead atoms. The first-order chi connectivity index (χ1) is 8.09. The van der Waals surface area contributed by atoms with E-state index in [0.29, 0.717) is 5.41 Å². The molecule has 94 valence electrons. The molecule has 1 saturated carbocycles. The van der Waals surface area contributed by atoms with Gasteiger partial charge >= 0.3 is 0 Å². The standard InChI is InChI=1S/C13H18Br2N2/c1-13(4-2-3-5-13)9-16-8-12-11(15)6-10(14)7-17-12/h6-7,16H,2-5,8-9H2,1H3. The van der Waals surface area contributed by atoms with Gasteiger partial charge in [0.15, 0.2) is 0 Å². The molecule has 0 saturated heterocycles. The third-order valence-electron chi connectivity index (χ3n) is 3.54. The van der Waals surface area contributed by atoms with Crippen LogP contribution in [0.5, 0.6) is 0 Å². The van der Waals surface area contributed by atoms with Crippen LogP contribution in [-0.2, 0) is 6.54 Å². The third-order valence-corrected chi connectivity index (χ3v) is 4.66. The molecule has 0 spiro atoms. The van der Waals surface area contributed by atoms with Gasteiger partial charge in [0.1, 0.15) is 0 Å². The Morgan fingerprint density at radius 2 is 2.06 bits per heavy atom. The van der Waals surface area contributed by atoms with Gasteiger partial charge in [-0.05, 0) is 56.2 Å². The molecule has 0 radical (unpaired) electrons. The normalized spacial score (nSPS) is 18.5. The number of pyridine rings is 1. The fraction of sp³-hybridized carbons (Fsp3) is 0.615. The fourth-order valence-electron chi connectivity index (χ4n) is 2.46. The summed E-state index contributed by atoms with van der Waals surface area (Å²) in [6.45, 7) is 4.32. The van der Waals surface area contributed by atoms with E-state index in [2.05, 4.69) is 49.1 Å². The maximum absolute atomic E-state index is 4.41. The molecule has 0 aromatic carbocycles. The first kappa shape index (κ1) is 13.5. The summed E-state index contributed by atoms with van der Waals surface area (Å²) >= 11 is 6.96. The van der Waals surface area contributed by atoms with E-state index >= 15 is 0 Å². The molecule has 1 aromatic heterocycles. The van der Waals surface area contributed by atoms with Gasteiger partial charge in [0, 0.05) is 28.2 Å². The highest BCUT2D eigenvalue weighted by molar-refractivity contribution is 9.11. The van der Waals surface area contributed by atoms with Crippen molar-refractivity contribution in [3.63, 3.8) is 0 Å². The quantitative estimate of drug-likeness (QED) is 0.865. The Kier molecular flexibility index (Phi) is 4.61. The molecule has 0 amide bonds. The van der Waals surface area contributed by atoms with E-state index in [-0.39, 0.29) is 0 Å². The SMILES string of the molecule is CC1(CNCc2ncc(Br)cc2Br)CCCC1. The summed E-state index contributed by atoms with van der Waals surface area (Å²) in [5, 5.41) is 3.54. The minimum atomic E-state index is 0.502. The van der Waals surface area contributed by atoms with Crippen LogP contribution in [0.4, 0.5) is 0 Å². The largest absolute Gasteiger partial charge is 0.311 e. The van der Waals surface area contributed by atoms with Gasteiger partial charge in [-0.1, -0.05) is 19.8 Å². The zero-order valence-corrected chi connectivity index (χ0v) is 13.3. The Morgan fingerprint density at radius 1 is 1.35 bits per heavy atom. The Hall–Kier alpha value is 0.0700. The summed E-state index contributed by atoms with van der Waals surface area (Å²) in [5.74, 6) is 0. The number of hydrogen-bond donors (Lipinski definition) is 1. The van der Waals surface area contributed by atoms with Gasteiger partial charge in [0.05, 0.1) is 5.69 Å². The number of rotatable bonds is 4. The van der Waals surface area contributed by atoms with E-state index in [9.17, 15) is 0 Å². The fourth-order valence-corrected chi connectivity index (χ4v) is 3.59. The first-order valence-corrected chi connectivity index (χ1v) is 7.68. The average Bonchev–Trinajstić information content (AvgIpc) is 2.69. The maximum Gasteiger partial charge on any atom is 0.0684 e. The van der Waals surface area contributed by atoms with Crippen molar-refractivity contribution in [3.8, 4) is 0 Å². The summed E-state index contributed by atoms with van der Waals surface area (Å²) in [6.07, 6.45) is 7.33. The zero-order chi connectivity index (χ0) is 12.3. The Balaban J connectivity index is 1.85. The molecule has 0 aliphatic heterocycles. The molecule has 17 heavy (non-hydrogen) atoms. The number of nitrogens with zero attached hydrogens (tertiary/aromatic N) is 1. The second-order valence-electron chi connectivity index (χ2n) is 5.20. The van der Waals surface area contributed by atoms with Crippen LogP contribution >= 0.6 is 31.9 Å². The zero-order valence-electron chi connectivity index (χ0n) is 10.1. The van der Waals surface area contributed by atoms with Crippen LogP contribution in [0.3, 0.4) is 0 Å². The van der Waals surface area contributed by atoms with Gasteiger partial charge in [-0.15, -0.1) is 0 Å². The van der Waals surface area contributed by atoms with Crippen molar-refractivity contribution in [3.05, 3.63) is 26.9 Å². The molecule has 0 unspecified atom stereocenters. The molecule has 1 aromatic rings. The van der Waals surface area contributed by atoms with E-state index in [0.717, 1.165) is 27.7 Å². The van der Waals surface area contributed by atoms with E-state index in [1.54, 1.807) is 0 Å². The monoisotopic (exact) mass is 360 g/mol. The van der Waals surface area contributed by atoms with Crippen LogP contribution in [0, 0.1) is 5.41 Å². The van der Waals surface area contributed by atoms with Crippen molar-refractivity contribution in [1.82, 2.24) is 10.3 Å². The summed E-state index contributed by atoms with van der Waals surface area (Å²) in [7, 11) is 0. The molecule has 1 aliphatic carbocycles. The van der Waals surface area contributed by atoms with Crippen molar-refractivity contribution < 1.29 is 0 Å². The lowest BCUT2D eigenvalue weighted by molar-refractivity contribution is 0.314. The predicted molar refractivity (Wildman–Crippen MR) is 77.9 cm³/mol. The van der Waals surface area contributed by atoms with Crippen LogP contribution < -0.4 is 5.32 Å².